The Labute approximate surface area is 276 Å². The molecule has 1 fully saturated rings. The van der Waals surface area contributed by atoms with Crippen molar-refractivity contribution < 1.29 is 0 Å². The van der Waals surface area contributed by atoms with E-state index in [4.69, 9.17) is 9.98 Å². The first-order valence-electron chi connectivity index (χ1n) is 17.0. The summed E-state index contributed by atoms with van der Waals surface area (Å²) < 4.78 is 0. The van der Waals surface area contributed by atoms with Gasteiger partial charge in [0.1, 0.15) is 0 Å². The molecule has 1 aromatic carbocycles. The van der Waals surface area contributed by atoms with Gasteiger partial charge < -0.3 is 0 Å². The zero-order valence-corrected chi connectivity index (χ0v) is 33.3. The second kappa shape index (κ2) is 15.7. The molecule has 1 aliphatic rings. The number of rotatable bonds is 4. The van der Waals surface area contributed by atoms with Crippen LogP contribution < -0.4 is 0 Å². The summed E-state index contributed by atoms with van der Waals surface area (Å²) in [5.74, 6) is 0. The van der Waals surface area contributed by atoms with Gasteiger partial charge in [-0.1, -0.05) is 162 Å². The van der Waals surface area contributed by atoms with E-state index >= 15 is 0 Å². The fraction of sp³-hybridized carbons (Fsp3) is 0.780. The molecular weight excluding hydrogens is 534 g/mol. The number of aliphatic imine (C=N–C) groups is 3. The third kappa shape index (κ3) is 17.6. The maximum Gasteiger partial charge on any atom is 0.0474 e. The first-order chi connectivity index (χ1) is 19.4. The Hall–Kier alpha value is -1.77. The van der Waals surface area contributed by atoms with E-state index in [1.165, 1.54) is 35.5 Å². The third-order valence-electron chi connectivity index (χ3n) is 8.25. The molecule has 0 aliphatic heterocycles. The second-order valence-corrected chi connectivity index (χ2v) is 20.1. The molecule has 0 atom stereocenters. The molecule has 254 valence electrons. The normalized spacial score (nSPS) is 17.8. The second-order valence-electron chi connectivity index (χ2n) is 20.1. The summed E-state index contributed by atoms with van der Waals surface area (Å²) in [4.78, 5) is 14.2. The number of hydrogen-bond donors (Lipinski definition) is 0. The molecule has 0 spiro atoms. The van der Waals surface area contributed by atoms with E-state index in [9.17, 15) is 0 Å². The molecule has 0 aromatic heterocycles. The third-order valence-corrected chi connectivity index (χ3v) is 8.25. The van der Waals surface area contributed by atoms with Crippen molar-refractivity contribution in [3.8, 4) is 0 Å². The highest BCUT2D eigenvalue weighted by Crippen LogP contribution is 2.50. The molecule has 0 amide bonds. The molecule has 0 N–H and O–H groups in total. The monoisotopic (exact) mass is 610 g/mol. The minimum Gasteiger partial charge on any atom is -0.294 e. The van der Waals surface area contributed by atoms with Gasteiger partial charge in [-0.25, -0.2) is 0 Å². The van der Waals surface area contributed by atoms with Crippen molar-refractivity contribution in [3.63, 3.8) is 0 Å². The van der Waals surface area contributed by atoms with Gasteiger partial charge in [-0.2, -0.15) is 0 Å². The van der Waals surface area contributed by atoms with Crippen molar-refractivity contribution in [2.24, 2.45) is 52.9 Å². The lowest BCUT2D eigenvalue weighted by Crippen LogP contribution is -2.25. The molecule has 0 saturated heterocycles. The zero-order valence-electron chi connectivity index (χ0n) is 33.3. The summed E-state index contributed by atoms with van der Waals surface area (Å²) in [6, 6.07) is 10.5. The van der Waals surface area contributed by atoms with Gasteiger partial charge in [0.15, 0.2) is 0 Å². The highest BCUT2D eigenvalue weighted by molar-refractivity contribution is 6.04. The first-order valence-corrected chi connectivity index (χ1v) is 17.0. The maximum atomic E-state index is 4.85. The van der Waals surface area contributed by atoms with Gasteiger partial charge in [0.25, 0.3) is 0 Å². The minimum absolute atomic E-state index is 0.0899. The Morgan fingerprint density at radius 2 is 0.955 bits per heavy atom. The van der Waals surface area contributed by atoms with Crippen molar-refractivity contribution in [2.75, 3.05) is 19.6 Å². The van der Waals surface area contributed by atoms with E-state index in [-0.39, 0.29) is 16.2 Å². The molecular formula is C41H75N3. The Morgan fingerprint density at radius 3 is 1.30 bits per heavy atom. The van der Waals surface area contributed by atoms with Crippen LogP contribution >= 0.6 is 0 Å². The van der Waals surface area contributed by atoms with Crippen LogP contribution in [0.15, 0.2) is 45.3 Å². The summed E-state index contributed by atoms with van der Waals surface area (Å²) in [5.41, 5.74) is 7.13. The molecule has 0 radical (unpaired) electrons. The molecule has 1 aromatic rings. The predicted molar refractivity (Wildman–Crippen MR) is 202 cm³/mol. The maximum absolute atomic E-state index is 4.85. The largest absolute Gasteiger partial charge is 0.294 e. The number of nitrogens with zero attached hydrogens (tertiary/aromatic N) is 3. The van der Waals surface area contributed by atoms with E-state index in [2.05, 4.69) is 168 Å². The topological polar surface area (TPSA) is 37.1 Å². The van der Waals surface area contributed by atoms with Gasteiger partial charge in [0.2, 0.25) is 0 Å². The molecule has 3 heteroatoms. The van der Waals surface area contributed by atoms with Crippen molar-refractivity contribution in [3.05, 3.63) is 35.9 Å². The van der Waals surface area contributed by atoms with Crippen LogP contribution in [0, 0.1) is 37.9 Å². The van der Waals surface area contributed by atoms with E-state index in [1.54, 1.807) is 0 Å². The van der Waals surface area contributed by atoms with Crippen LogP contribution in [0.5, 0.6) is 0 Å². The molecule has 0 heterocycles. The Kier molecular flexibility index (Phi) is 15.1. The minimum atomic E-state index is 0.0899. The van der Waals surface area contributed by atoms with E-state index in [0.717, 1.165) is 19.6 Å². The number of hydrogen-bond acceptors (Lipinski definition) is 3. The average Bonchev–Trinajstić information content (AvgIpc) is 3.00. The van der Waals surface area contributed by atoms with Crippen molar-refractivity contribution in [1.82, 2.24) is 0 Å². The van der Waals surface area contributed by atoms with Crippen molar-refractivity contribution in [2.45, 2.75) is 151 Å². The average molecular weight is 610 g/mol. The molecule has 1 saturated carbocycles. The lowest BCUT2D eigenvalue weighted by atomic mass is 9.71. The Bertz CT molecular complexity index is 1060. The van der Waals surface area contributed by atoms with E-state index in [0.29, 0.717) is 21.7 Å². The van der Waals surface area contributed by atoms with Crippen LogP contribution in [0.1, 0.15) is 157 Å². The number of benzene rings is 1. The van der Waals surface area contributed by atoms with Gasteiger partial charge in [-0.3, -0.25) is 15.0 Å². The lowest BCUT2D eigenvalue weighted by Gasteiger charge is -2.33. The highest BCUT2D eigenvalue weighted by Gasteiger charge is 2.44. The van der Waals surface area contributed by atoms with Gasteiger partial charge >= 0.3 is 0 Å². The highest BCUT2D eigenvalue weighted by atomic mass is 14.8. The van der Waals surface area contributed by atoms with Crippen LogP contribution in [0.4, 0.5) is 0 Å². The van der Waals surface area contributed by atoms with E-state index in [1.807, 2.05) is 6.07 Å². The molecule has 44 heavy (non-hydrogen) atoms. The van der Waals surface area contributed by atoms with Crippen LogP contribution in [-0.2, 0) is 0 Å². The molecule has 3 nitrogen and oxygen atoms in total. The Balaban J connectivity index is 0.000000641. The van der Waals surface area contributed by atoms with Gasteiger partial charge in [-0.05, 0) is 57.8 Å². The van der Waals surface area contributed by atoms with Crippen molar-refractivity contribution in [1.29, 1.82) is 0 Å². The van der Waals surface area contributed by atoms with Gasteiger partial charge in [0, 0.05) is 42.2 Å². The quantitative estimate of drug-likeness (QED) is 0.305. The molecule has 1 aliphatic carbocycles. The van der Waals surface area contributed by atoms with Crippen LogP contribution in [0.25, 0.3) is 0 Å². The first kappa shape index (κ1) is 42.2. The summed E-state index contributed by atoms with van der Waals surface area (Å²) in [7, 11) is 0. The summed E-state index contributed by atoms with van der Waals surface area (Å²) in [6.07, 6.45) is 2.35. The summed E-state index contributed by atoms with van der Waals surface area (Å²) in [5, 5.41) is 0. The smallest absolute Gasteiger partial charge is 0.0474 e. The fourth-order valence-corrected chi connectivity index (χ4v) is 4.29. The predicted octanol–water partition coefficient (Wildman–Crippen LogP) is 12.4. The van der Waals surface area contributed by atoms with Crippen LogP contribution in [-0.4, -0.2) is 36.8 Å². The standard InChI is InChI=1S/C16H25N.C14H27N.C11H23N/c1-15(2,3)12-17-14(16(4,5)6)13-10-8-7-9-11-13;1-12(2,3)10-15-11-8-13(4,5)14(6,7)9-11;1-9(11(5,6)7)12-8-10(2,3)4/h7-11H,12H2,1-6H3;8-10H2,1-7H3;8H2,1-7H3. The van der Waals surface area contributed by atoms with Crippen LogP contribution in [0.3, 0.4) is 0 Å². The van der Waals surface area contributed by atoms with Crippen LogP contribution in [0.2, 0.25) is 0 Å². The lowest BCUT2D eigenvalue weighted by molar-refractivity contribution is 0.157. The zero-order chi connectivity index (χ0) is 35.0. The molecule has 2 rings (SSSR count). The SMILES string of the molecule is CC(=NCC(C)(C)C)C(C)(C)C.CC(C)(C)CN=C(c1ccccc1)C(C)(C)C.CC(C)(C)CN=C1CC(C)(C)C(C)(C)C1. The van der Waals surface area contributed by atoms with Gasteiger partial charge in [-0.15, -0.1) is 0 Å². The molecule has 0 unspecified atom stereocenters. The summed E-state index contributed by atoms with van der Waals surface area (Å²) >= 11 is 0. The van der Waals surface area contributed by atoms with Gasteiger partial charge in [0.05, 0.1) is 0 Å². The summed E-state index contributed by atoms with van der Waals surface area (Å²) in [6.45, 7) is 47.7. The Morgan fingerprint density at radius 1 is 0.568 bits per heavy atom. The fourth-order valence-electron chi connectivity index (χ4n) is 4.29. The van der Waals surface area contributed by atoms with Crippen molar-refractivity contribution >= 4 is 17.1 Å². The molecule has 0 bridgehead atoms. The van der Waals surface area contributed by atoms with E-state index < -0.39 is 0 Å².